The molecule has 0 aliphatic heterocycles. The molecule has 0 fully saturated rings. The maximum atomic E-state index is 11.9. The van der Waals surface area contributed by atoms with E-state index in [1.54, 1.807) is 20.0 Å². The van der Waals surface area contributed by atoms with E-state index < -0.39 is 21.9 Å². The molecule has 7 heteroatoms. The number of aromatic nitrogens is 1. The summed E-state index contributed by atoms with van der Waals surface area (Å²) in [6.07, 6.45) is 4.80. The lowest BCUT2D eigenvalue weighted by molar-refractivity contribution is -0.141. The van der Waals surface area contributed by atoms with Crippen LogP contribution in [0.15, 0.2) is 23.4 Å². The Labute approximate surface area is 113 Å². The third-order valence-electron chi connectivity index (χ3n) is 2.93. The molecular formula is C12H20N2O4S. The molecule has 19 heavy (non-hydrogen) atoms. The van der Waals surface area contributed by atoms with E-state index in [4.69, 9.17) is 5.11 Å². The highest BCUT2D eigenvalue weighted by atomic mass is 32.2. The molecule has 0 aliphatic carbocycles. The summed E-state index contributed by atoms with van der Waals surface area (Å²) in [6, 6.07) is 1.27. The van der Waals surface area contributed by atoms with Crippen molar-refractivity contribution in [1.82, 2.24) is 9.71 Å². The molecular weight excluding hydrogens is 268 g/mol. The molecule has 0 aliphatic rings. The summed E-state index contributed by atoms with van der Waals surface area (Å²) in [4.78, 5) is 13.5. The van der Waals surface area contributed by atoms with Crippen LogP contribution in [0.4, 0.5) is 0 Å². The third kappa shape index (κ3) is 5.04. The van der Waals surface area contributed by atoms with Gasteiger partial charge in [0.15, 0.2) is 0 Å². The predicted molar refractivity (Wildman–Crippen MR) is 71.2 cm³/mol. The van der Waals surface area contributed by atoms with Gasteiger partial charge in [-0.1, -0.05) is 13.3 Å². The molecule has 2 atom stereocenters. The Bertz CT molecular complexity index is 496. The lowest BCUT2D eigenvalue weighted by atomic mass is 10.0. The zero-order valence-corrected chi connectivity index (χ0v) is 11.9. The van der Waals surface area contributed by atoms with Gasteiger partial charge < -0.3 is 10.1 Å². The lowest BCUT2D eigenvalue weighted by Crippen LogP contribution is -2.32. The van der Waals surface area contributed by atoms with Gasteiger partial charge in [-0.3, -0.25) is 4.79 Å². The van der Waals surface area contributed by atoms with Crippen LogP contribution < -0.4 is 4.72 Å². The average Bonchev–Trinajstić information content (AvgIpc) is 2.81. The molecule has 1 aromatic heterocycles. The van der Waals surface area contributed by atoms with Gasteiger partial charge in [-0.25, -0.2) is 13.1 Å². The Balaban J connectivity index is 2.40. The molecule has 3 N–H and O–H groups in total. The largest absolute Gasteiger partial charge is 0.481 e. The maximum Gasteiger partial charge on any atom is 0.306 e. The van der Waals surface area contributed by atoms with E-state index in [1.165, 1.54) is 12.3 Å². The zero-order chi connectivity index (χ0) is 14.5. The minimum atomic E-state index is -3.48. The van der Waals surface area contributed by atoms with E-state index in [-0.39, 0.29) is 10.9 Å². The summed E-state index contributed by atoms with van der Waals surface area (Å²) in [5.41, 5.74) is 0. The quantitative estimate of drug-likeness (QED) is 0.676. The van der Waals surface area contributed by atoms with Gasteiger partial charge in [-0.2, -0.15) is 0 Å². The van der Waals surface area contributed by atoms with Crippen LogP contribution in [0.25, 0.3) is 0 Å². The fourth-order valence-electron chi connectivity index (χ4n) is 1.72. The molecule has 0 bridgehead atoms. The molecule has 0 saturated carbocycles. The number of aliphatic carboxylic acids is 1. The fraction of sp³-hybridized carbons (Fsp3) is 0.583. The van der Waals surface area contributed by atoms with Crippen LogP contribution >= 0.6 is 0 Å². The van der Waals surface area contributed by atoms with Crippen molar-refractivity contribution >= 4 is 16.0 Å². The SMILES string of the molecule is CC(CCCC(C)C(=O)O)NS(=O)(=O)c1cc[nH]c1. The van der Waals surface area contributed by atoms with Crippen molar-refractivity contribution in [1.29, 1.82) is 0 Å². The predicted octanol–water partition coefficient (Wildman–Crippen LogP) is 1.57. The summed E-state index contributed by atoms with van der Waals surface area (Å²) < 4.78 is 26.3. The average molecular weight is 288 g/mol. The van der Waals surface area contributed by atoms with Crippen LogP contribution in [0.2, 0.25) is 0 Å². The van der Waals surface area contributed by atoms with Gasteiger partial charge in [-0.15, -0.1) is 0 Å². The molecule has 1 rings (SSSR count). The first kappa shape index (κ1) is 15.7. The first-order chi connectivity index (χ1) is 8.83. The van der Waals surface area contributed by atoms with Crippen molar-refractivity contribution in [2.24, 2.45) is 5.92 Å². The number of hydrogen-bond acceptors (Lipinski definition) is 3. The van der Waals surface area contributed by atoms with E-state index in [9.17, 15) is 13.2 Å². The van der Waals surface area contributed by atoms with Crippen LogP contribution in [-0.2, 0) is 14.8 Å². The zero-order valence-electron chi connectivity index (χ0n) is 11.1. The van der Waals surface area contributed by atoms with Gasteiger partial charge in [0.05, 0.1) is 10.8 Å². The van der Waals surface area contributed by atoms with Crippen molar-refractivity contribution < 1.29 is 18.3 Å². The van der Waals surface area contributed by atoms with Crippen LogP contribution in [-0.4, -0.2) is 30.5 Å². The number of rotatable bonds is 8. The Morgan fingerprint density at radius 2 is 2.11 bits per heavy atom. The number of carbonyl (C=O) groups is 1. The minimum Gasteiger partial charge on any atom is -0.481 e. The lowest BCUT2D eigenvalue weighted by Gasteiger charge is -2.14. The second-order valence-corrected chi connectivity index (χ2v) is 6.45. The number of aromatic amines is 1. The number of sulfonamides is 1. The van der Waals surface area contributed by atoms with E-state index >= 15 is 0 Å². The second kappa shape index (κ2) is 6.72. The standard InChI is InChI=1S/C12H20N2O4S/c1-9(12(15)16)4-3-5-10(2)14-19(17,18)11-6-7-13-8-11/h6-10,13-14H,3-5H2,1-2H3,(H,15,16). The van der Waals surface area contributed by atoms with Crippen LogP contribution in [0, 0.1) is 5.92 Å². The summed E-state index contributed by atoms with van der Waals surface area (Å²) in [7, 11) is -3.48. The minimum absolute atomic E-state index is 0.207. The molecule has 1 aromatic rings. The number of H-pyrrole nitrogens is 1. The molecule has 0 spiro atoms. The van der Waals surface area contributed by atoms with Gasteiger partial charge in [-0.05, 0) is 25.8 Å². The molecule has 6 nitrogen and oxygen atoms in total. The van der Waals surface area contributed by atoms with Crippen molar-refractivity contribution in [3.63, 3.8) is 0 Å². The highest BCUT2D eigenvalue weighted by Gasteiger charge is 2.18. The number of carboxylic acids is 1. The van der Waals surface area contributed by atoms with Crippen LogP contribution in [0.1, 0.15) is 33.1 Å². The van der Waals surface area contributed by atoms with Gasteiger partial charge in [0.2, 0.25) is 10.0 Å². The number of carboxylic acid groups (broad SMARTS) is 1. The van der Waals surface area contributed by atoms with Crippen molar-refractivity contribution in [2.75, 3.05) is 0 Å². The smallest absolute Gasteiger partial charge is 0.306 e. The van der Waals surface area contributed by atoms with Gasteiger partial charge in [0, 0.05) is 18.4 Å². The third-order valence-corrected chi connectivity index (χ3v) is 4.52. The van der Waals surface area contributed by atoms with Crippen molar-refractivity contribution in [3.8, 4) is 0 Å². The van der Waals surface area contributed by atoms with Crippen LogP contribution in [0.5, 0.6) is 0 Å². The summed E-state index contributed by atoms with van der Waals surface area (Å²) in [5, 5.41) is 8.74. The summed E-state index contributed by atoms with van der Waals surface area (Å²) in [6.45, 7) is 3.42. The van der Waals surface area contributed by atoms with Gasteiger partial charge in [0.1, 0.15) is 0 Å². The van der Waals surface area contributed by atoms with Crippen molar-refractivity contribution in [2.45, 2.75) is 44.0 Å². The Morgan fingerprint density at radius 3 is 2.63 bits per heavy atom. The Hall–Kier alpha value is -1.34. The molecule has 0 saturated heterocycles. The first-order valence-corrected chi connectivity index (χ1v) is 7.69. The van der Waals surface area contributed by atoms with E-state index in [0.717, 1.165) is 0 Å². The molecule has 1 heterocycles. The highest BCUT2D eigenvalue weighted by Crippen LogP contribution is 2.12. The highest BCUT2D eigenvalue weighted by molar-refractivity contribution is 7.89. The fourth-order valence-corrected chi connectivity index (χ4v) is 2.98. The van der Waals surface area contributed by atoms with Gasteiger partial charge in [0.25, 0.3) is 0 Å². The van der Waals surface area contributed by atoms with E-state index in [1.807, 2.05) is 0 Å². The maximum absolute atomic E-state index is 11.9. The number of nitrogens with one attached hydrogen (secondary N) is 2. The normalized spacial score (nSPS) is 15.1. The van der Waals surface area contributed by atoms with Crippen molar-refractivity contribution in [3.05, 3.63) is 18.5 Å². The molecule has 108 valence electrons. The van der Waals surface area contributed by atoms with Crippen LogP contribution in [0.3, 0.4) is 0 Å². The molecule has 0 aromatic carbocycles. The topological polar surface area (TPSA) is 99.3 Å². The van der Waals surface area contributed by atoms with Gasteiger partial charge >= 0.3 is 5.97 Å². The number of hydrogen-bond donors (Lipinski definition) is 3. The molecule has 0 radical (unpaired) electrons. The molecule has 2 unspecified atom stereocenters. The first-order valence-electron chi connectivity index (χ1n) is 6.21. The van der Waals surface area contributed by atoms with E-state index in [2.05, 4.69) is 9.71 Å². The monoisotopic (exact) mass is 288 g/mol. The summed E-state index contributed by atoms with van der Waals surface area (Å²) >= 11 is 0. The molecule has 0 amide bonds. The Kier molecular flexibility index (Phi) is 5.56. The Morgan fingerprint density at radius 1 is 1.42 bits per heavy atom. The van der Waals surface area contributed by atoms with E-state index in [0.29, 0.717) is 19.3 Å². The second-order valence-electron chi connectivity index (χ2n) is 4.74. The summed E-state index contributed by atoms with van der Waals surface area (Å²) in [5.74, 6) is -1.21.